The SMILES string of the molecule is C=CCc1cc(/C=C2\SC(=Nc3ccc(OC)cc3)N(Cc3ccc(C(=O)O)cc3)C2=O)cc(OCC)c1OCc1ccccc1. The lowest BCUT2D eigenvalue weighted by Crippen LogP contribution is -2.28. The van der Waals surface area contributed by atoms with E-state index in [4.69, 9.17) is 19.2 Å². The summed E-state index contributed by atoms with van der Waals surface area (Å²) in [5.41, 5.74) is 4.32. The Morgan fingerprint density at radius 2 is 1.72 bits per heavy atom. The quantitative estimate of drug-likeness (QED) is 0.118. The van der Waals surface area contributed by atoms with Crippen LogP contribution in [0.2, 0.25) is 0 Å². The fraction of sp³-hybridized carbons (Fsp3) is 0.162. The van der Waals surface area contributed by atoms with Gasteiger partial charge in [-0.3, -0.25) is 9.69 Å². The minimum absolute atomic E-state index is 0.176. The van der Waals surface area contributed by atoms with Crippen LogP contribution in [-0.4, -0.2) is 40.8 Å². The number of amidine groups is 1. The summed E-state index contributed by atoms with van der Waals surface area (Å²) in [5.74, 6) is 0.706. The van der Waals surface area contributed by atoms with Crippen molar-refractivity contribution >= 4 is 40.6 Å². The number of carbonyl (C=O) groups is 2. The zero-order chi connectivity index (χ0) is 32.5. The van der Waals surface area contributed by atoms with E-state index < -0.39 is 5.97 Å². The average Bonchev–Trinajstić information content (AvgIpc) is 3.34. The molecule has 0 aromatic heterocycles. The maximum Gasteiger partial charge on any atom is 0.335 e. The van der Waals surface area contributed by atoms with E-state index in [1.807, 2.05) is 85.8 Å². The molecule has 4 aromatic rings. The van der Waals surface area contributed by atoms with Gasteiger partial charge in [-0.1, -0.05) is 48.5 Å². The number of hydrogen-bond acceptors (Lipinski definition) is 7. The van der Waals surface area contributed by atoms with Gasteiger partial charge in [0.25, 0.3) is 5.91 Å². The van der Waals surface area contributed by atoms with Gasteiger partial charge in [-0.05, 0) is 96.4 Å². The Hall–Kier alpha value is -5.28. The van der Waals surface area contributed by atoms with E-state index in [9.17, 15) is 14.7 Å². The molecule has 9 heteroatoms. The van der Waals surface area contributed by atoms with Crippen LogP contribution in [0.25, 0.3) is 6.08 Å². The molecule has 4 aromatic carbocycles. The Labute approximate surface area is 272 Å². The van der Waals surface area contributed by atoms with Crippen molar-refractivity contribution in [2.75, 3.05) is 13.7 Å². The first-order chi connectivity index (χ1) is 22.4. The molecule has 46 heavy (non-hydrogen) atoms. The molecule has 8 nitrogen and oxygen atoms in total. The summed E-state index contributed by atoms with van der Waals surface area (Å²) in [4.78, 5) is 32.1. The van der Waals surface area contributed by atoms with Crippen molar-refractivity contribution in [3.63, 3.8) is 0 Å². The number of hydrogen-bond donors (Lipinski definition) is 1. The molecule has 1 aliphatic heterocycles. The number of methoxy groups -OCH3 is 1. The largest absolute Gasteiger partial charge is 0.497 e. The number of thioether (sulfide) groups is 1. The highest BCUT2D eigenvalue weighted by Crippen LogP contribution is 2.39. The first-order valence-corrected chi connectivity index (χ1v) is 15.5. The minimum Gasteiger partial charge on any atom is -0.497 e. The summed E-state index contributed by atoms with van der Waals surface area (Å²) in [5, 5.41) is 9.80. The molecule has 234 valence electrons. The molecule has 1 aliphatic rings. The van der Waals surface area contributed by atoms with Crippen molar-refractivity contribution in [1.29, 1.82) is 0 Å². The molecular weight excluding hydrogens is 600 g/mol. The summed E-state index contributed by atoms with van der Waals surface area (Å²) in [6.07, 6.45) is 4.19. The number of carboxylic acid groups (broad SMARTS) is 1. The van der Waals surface area contributed by atoms with Gasteiger partial charge in [0.05, 0.1) is 36.4 Å². The number of rotatable bonds is 13. The van der Waals surface area contributed by atoms with Crippen molar-refractivity contribution in [1.82, 2.24) is 4.90 Å². The Morgan fingerprint density at radius 3 is 2.37 bits per heavy atom. The van der Waals surface area contributed by atoms with Gasteiger partial charge in [0.2, 0.25) is 0 Å². The van der Waals surface area contributed by atoms with Gasteiger partial charge in [0, 0.05) is 5.56 Å². The molecule has 5 rings (SSSR count). The highest BCUT2D eigenvalue weighted by Gasteiger charge is 2.34. The second-order valence-electron chi connectivity index (χ2n) is 10.3. The number of allylic oxidation sites excluding steroid dienone is 1. The van der Waals surface area contributed by atoms with Crippen molar-refractivity contribution < 1.29 is 28.9 Å². The molecule has 1 saturated heterocycles. The van der Waals surface area contributed by atoms with Crippen LogP contribution in [0.1, 0.15) is 39.5 Å². The van der Waals surface area contributed by atoms with E-state index in [2.05, 4.69) is 6.58 Å². The fourth-order valence-corrected chi connectivity index (χ4v) is 5.81. The van der Waals surface area contributed by atoms with E-state index in [-0.39, 0.29) is 18.0 Å². The lowest BCUT2D eigenvalue weighted by molar-refractivity contribution is -0.122. The average molecular weight is 635 g/mol. The summed E-state index contributed by atoms with van der Waals surface area (Å²) < 4.78 is 17.6. The van der Waals surface area contributed by atoms with Crippen LogP contribution >= 0.6 is 11.8 Å². The smallest absolute Gasteiger partial charge is 0.335 e. The zero-order valence-corrected chi connectivity index (χ0v) is 26.5. The number of aliphatic imine (C=N–C) groups is 1. The zero-order valence-electron chi connectivity index (χ0n) is 25.6. The summed E-state index contributed by atoms with van der Waals surface area (Å²) >= 11 is 1.27. The number of benzene rings is 4. The van der Waals surface area contributed by atoms with Gasteiger partial charge < -0.3 is 19.3 Å². The first kappa shape index (κ1) is 32.1. The monoisotopic (exact) mass is 634 g/mol. The van der Waals surface area contributed by atoms with Gasteiger partial charge in [-0.15, -0.1) is 6.58 Å². The third-order valence-electron chi connectivity index (χ3n) is 7.07. The van der Waals surface area contributed by atoms with Gasteiger partial charge in [0.15, 0.2) is 16.7 Å². The maximum atomic E-state index is 13.9. The van der Waals surface area contributed by atoms with Crippen LogP contribution in [-0.2, 0) is 24.4 Å². The summed E-state index contributed by atoms with van der Waals surface area (Å²) in [7, 11) is 1.60. The maximum absolute atomic E-state index is 13.9. The molecule has 1 N–H and O–H groups in total. The minimum atomic E-state index is -1.01. The van der Waals surface area contributed by atoms with E-state index >= 15 is 0 Å². The topological polar surface area (TPSA) is 97.7 Å². The number of ether oxygens (including phenoxy) is 3. The van der Waals surface area contributed by atoms with Crippen LogP contribution in [0.4, 0.5) is 5.69 Å². The lowest BCUT2D eigenvalue weighted by atomic mass is 10.0. The summed E-state index contributed by atoms with van der Waals surface area (Å²) in [6.45, 7) is 6.89. The first-order valence-electron chi connectivity index (χ1n) is 14.7. The van der Waals surface area contributed by atoms with Crippen LogP contribution in [0.3, 0.4) is 0 Å². The number of nitrogens with zero attached hydrogens (tertiary/aromatic N) is 2. The number of amides is 1. The molecule has 1 amide bonds. The van der Waals surface area contributed by atoms with Crippen molar-refractivity contribution in [2.45, 2.75) is 26.5 Å². The van der Waals surface area contributed by atoms with Gasteiger partial charge in [0.1, 0.15) is 12.4 Å². The highest BCUT2D eigenvalue weighted by molar-refractivity contribution is 8.18. The van der Waals surface area contributed by atoms with Crippen molar-refractivity contribution in [3.8, 4) is 17.2 Å². The predicted molar refractivity (Wildman–Crippen MR) is 182 cm³/mol. The molecule has 0 radical (unpaired) electrons. The van der Waals surface area contributed by atoms with E-state index in [1.54, 1.807) is 24.1 Å². The molecule has 1 fully saturated rings. The van der Waals surface area contributed by atoms with Crippen molar-refractivity contribution in [2.24, 2.45) is 4.99 Å². The van der Waals surface area contributed by atoms with Crippen LogP contribution in [0.5, 0.6) is 17.2 Å². The number of carbonyl (C=O) groups excluding carboxylic acids is 1. The Morgan fingerprint density at radius 1 is 0.978 bits per heavy atom. The third-order valence-corrected chi connectivity index (χ3v) is 8.08. The second-order valence-corrected chi connectivity index (χ2v) is 11.3. The molecule has 0 atom stereocenters. The second kappa shape index (κ2) is 15.1. The molecule has 0 aliphatic carbocycles. The third kappa shape index (κ3) is 7.86. The molecule has 0 saturated carbocycles. The summed E-state index contributed by atoms with van der Waals surface area (Å²) in [6, 6.07) is 27.5. The molecule has 1 heterocycles. The Bertz CT molecular complexity index is 1770. The van der Waals surface area contributed by atoms with Crippen LogP contribution in [0, 0.1) is 0 Å². The van der Waals surface area contributed by atoms with Crippen LogP contribution < -0.4 is 14.2 Å². The van der Waals surface area contributed by atoms with E-state index in [0.717, 1.165) is 22.3 Å². The lowest BCUT2D eigenvalue weighted by Gasteiger charge is -2.17. The van der Waals surface area contributed by atoms with Gasteiger partial charge in [-0.2, -0.15) is 0 Å². The molecule has 0 unspecified atom stereocenters. The normalized spacial score (nSPS) is 14.5. The standard InChI is InChI=1S/C37H34N2O6S/c1-4-9-29-20-27(21-32(44-5-2)34(29)45-24-26-10-7-6-8-11-26)22-33-35(40)39(23-25-12-14-28(15-13-25)36(41)42)37(46-33)38-30-16-18-31(43-3)19-17-30/h4,6-8,10-22H,1,5,9,23-24H2,2-3H3,(H,41,42)/b33-22-,38-37?. The Balaban J connectivity index is 1.50. The number of carboxylic acids is 1. The van der Waals surface area contributed by atoms with Crippen LogP contribution in [0.15, 0.2) is 114 Å². The molecule has 0 spiro atoms. The van der Waals surface area contributed by atoms with Crippen molar-refractivity contribution in [3.05, 3.63) is 136 Å². The fourth-order valence-electron chi connectivity index (χ4n) is 4.81. The number of aromatic carboxylic acids is 1. The predicted octanol–water partition coefficient (Wildman–Crippen LogP) is 7.90. The highest BCUT2D eigenvalue weighted by atomic mass is 32.2. The van der Waals surface area contributed by atoms with E-state index in [1.165, 1.54) is 23.9 Å². The van der Waals surface area contributed by atoms with E-state index in [0.29, 0.717) is 52.6 Å². The van der Waals surface area contributed by atoms with Gasteiger partial charge >= 0.3 is 5.97 Å². The Kier molecular flexibility index (Phi) is 10.6. The van der Waals surface area contributed by atoms with Gasteiger partial charge in [-0.25, -0.2) is 9.79 Å². The molecule has 0 bridgehead atoms. The molecular formula is C37H34N2O6S.